The predicted octanol–water partition coefficient (Wildman–Crippen LogP) is 1.68. The lowest BCUT2D eigenvalue weighted by Crippen LogP contribution is -2.23. The van der Waals surface area contributed by atoms with Gasteiger partial charge in [-0.2, -0.15) is 0 Å². The Hall–Kier alpha value is -1.53. The van der Waals surface area contributed by atoms with Gasteiger partial charge in [0.05, 0.1) is 5.60 Å². The summed E-state index contributed by atoms with van der Waals surface area (Å²) < 4.78 is 1.61. The Morgan fingerprint density at radius 3 is 2.70 bits per heavy atom. The summed E-state index contributed by atoms with van der Waals surface area (Å²) in [5.74, 6) is 0.489. The minimum absolute atomic E-state index is 0.209. The third-order valence-corrected chi connectivity index (χ3v) is 4.17. The number of H-pyrrole nitrogens is 1. The molecule has 2 N–H and O–H groups in total. The van der Waals surface area contributed by atoms with Crippen molar-refractivity contribution < 1.29 is 5.11 Å². The summed E-state index contributed by atoms with van der Waals surface area (Å²) in [6.45, 7) is 4.05. The van der Waals surface area contributed by atoms with E-state index in [2.05, 4.69) is 10.2 Å². The number of rotatable bonds is 6. The average molecular weight is 293 g/mol. The molecule has 6 heteroatoms. The van der Waals surface area contributed by atoms with Crippen LogP contribution in [-0.2, 0) is 13.0 Å². The second-order valence-corrected chi connectivity index (χ2v) is 6.24. The molecule has 2 aromatic rings. The standard InChI is InChI=1S/C14H19N3O2S/c1-14(2,19)10-20-13-16-15-12(18)17(13)9-8-11-6-4-3-5-7-11/h3-7,19H,8-10H2,1-2H3,(H,15,18). The summed E-state index contributed by atoms with van der Waals surface area (Å²) in [7, 11) is 0. The molecule has 0 saturated carbocycles. The Morgan fingerprint density at radius 1 is 1.35 bits per heavy atom. The van der Waals surface area contributed by atoms with Gasteiger partial charge in [-0.3, -0.25) is 4.57 Å². The first kappa shape index (κ1) is 14.9. The van der Waals surface area contributed by atoms with Crippen molar-refractivity contribution in [3.63, 3.8) is 0 Å². The molecule has 0 unspecified atom stereocenters. The number of aryl methyl sites for hydroxylation is 1. The van der Waals surface area contributed by atoms with Crippen molar-refractivity contribution in [1.82, 2.24) is 14.8 Å². The SMILES string of the molecule is CC(C)(O)CSc1n[nH]c(=O)n1CCc1ccccc1. The Labute approximate surface area is 122 Å². The molecule has 0 spiro atoms. The van der Waals surface area contributed by atoms with E-state index in [0.717, 1.165) is 6.42 Å². The van der Waals surface area contributed by atoms with Gasteiger partial charge in [-0.1, -0.05) is 42.1 Å². The first-order chi connectivity index (χ1) is 9.46. The van der Waals surface area contributed by atoms with E-state index < -0.39 is 5.60 Å². The van der Waals surface area contributed by atoms with Gasteiger partial charge in [-0.25, -0.2) is 9.89 Å². The molecule has 20 heavy (non-hydrogen) atoms. The molecular weight excluding hydrogens is 274 g/mol. The number of aliphatic hydroxyl groups is 1. The maximum atomic E-state index is 11.8. The van der Waals surface area contributed by atoms with E-state index in [-0.39, 0.29) is 5.69 Å². The zero-order valence-electron chi connectivity index (χ0n) is 11.7. The number of aromatic amines is 1. The van der Waals surface area contributed by atoms with E-state index >= 15 is 0 Å². The van der Waals surface area contributed by atoms with Gasteiger partial charge in [0.25, 0.3) is 0 Å². The lowest BCUT2D eigenvalue weighted by molar-refractivity contribution is 0.107. The van der Waals surface area contributed by atoms with Crippen LogP contribution in [0.4, 0.5) is 0 Å². The van der Waals surface area contributed by atoms with E-state index in [1.807, 2.05) is 30.3 Å². The summed E-state index contributed by atoms with van der Waals surface area (Å²) in [5.41, 5.74) is 0.183. The van der Waals surface area contributed by atoms with Crippen molar-refractivity contribution in [2.24, 2.45) is 0 Å². The van der Waals surface area contributed by atoms with E-state index in [9.17, 15) is 9.90 Å². The number of nitrogens with one attached hydrogen (secondary N) is 1. The second-order valence-electron chi connectivity index (χ2n) is 5.30. The highest BCUT2D eigenvalue weighted by Gasteiger charge is 2.16. The maximum Gasteiger partial charge on any atom is 0.343 e. The fourth-order valence-corrected chi connectivity index (χ4v) is 2.66. The van der Waals surface area contributed by atoms with Gasteiger partial charge >= 0.3 is 5.69 Å². The minimum atomic E-state index is -0.788. The Bertz CT molecular complexity index is 599. The van der Waals surface area contributed by atoms with Crippen molar-refractivity contribution in [3.8, 4) is 0 Å². The molecule has 1 heterocycles. The molecule has 0 saturated heterocycles. The molecular formula is C14H19N3O2S. The number of hydrogen-bond donors (Lipinski definition) is 2. The van der Waals surface area contributed by atoms with Crippen molar-refractivity contribution in [2.45, 2.75) is 37.6 Å². The summed E-state index contributed by atoms with van der Waals surface area (Å²) >= 11 is 1.38. The van der Waals surface area contributed by atoms with Crippen LogP contribution in [0.2, 0.25) is 0 Å². The van der Waals surface area contributed by atoms with Crippen molar-refractivity contribution in [3.05, 3.63) is 46.4 Å². The molecule has 108 valence electrons. The average Bonchev–Trinajstić information content (AvgIpc) is 2.75. The van der Waals surface area contributed by atoms with Gasteiger partial charge in [0.2, 0.25) is 0 Å². The van der Waals surface area contributed by atoms with Crippen molar-refractivity contribution >= 4 is 11.8 Å². The van der Waals surface area contributed by atoms with Crippen LogP contribution in [0.15, 0.2) is 40.3 Å². The van der Waals surface area contributed by atoms with Gasteiger partial charge in [-0.05, 0) is 25.8 Å². The zero-order chi connectivity index (χ0) is 14.6. The third-order valence-electron chi connectivity index (χ3n) is 2.74. The van der Waals surface area contributed by atoms with Crippen LogP contribution >= 0.6 is 11.8 Å². The summed E-state index contributed by atoms with van der Waals surface area (Å²) in [6, 6.07) is 10.0. The zero-order valence-corrected chi connectivity index (χ0v) is 12.5. The molecule has 0 amide bonds. The molecule has 1 aromatic carbocycles. The summed E-state index contributed by atoms with van der Waals surface area (Å²) in [6.07, 6.45) is 0.774. The first-order valence-electron chi connectivity index (χ1n) is 6.50. The normalized spacial score (nSPS) is 11.8. The molecule has 0 atom stereocenters. The molecule has 0 bridgehead atoms. The van der Waals surface area contributed by atoms with Crippen molar-refractivity contribution in [1.29, 1.82) is 0 Å². The topological polar surface area (TPSA) is 70.9 Å². The fraction of sp³-hybridized carbons (Fsp3) is 0.429. The van der Waals surface area contributed by atoms with Crippen LogP contribution in [0.1, 0.15) is 19.4 Å². The number of benzene rings is 1. The molecule has 0 aliphatic rings. The molecule has 0 aliphatic carbocycles. The quantitative estimate of drug-likeness (QED) is 0.795. The smallest absolute Gasteiger partial charge is 0.343 e. The van der Waals surface area contributed by atoms with E-state index in [1.165, 1.54) is 17.3 Å². The minimum Gasteiger partial charge on any atom is -0.390 e. The molecule has 5 nitrogen and oxygen atoms in total. The highest BCUT2D eigenvalue weighted by molar-refractivity contribution is 7.99. The van der Waals surface area contributed by atoms with Gasteiger partial charge in [0.15, 0.2) is 5.16 Å². The van der Waals surface area contributed by atoms with Crippen molar-refractivity contribution in [2.75, 3.05) is 5.75 Å². The molecule has 1 aromatic heterocycles. The Morgan fingerprint density at radius 2 is 2.05 bits per heavy atom. The lowest BCUT2D eigenvalue weighted by Gasteiger charge is -2.15. The largest absolute Gasteiger partial charge is 0.390 e. The van der Waals surface area contributed by atoms with E-state index in [1.54, 1.807) is 18.4 Å². The molecule has 0 fully saturated rings. The van der Waals surface area contributed by atoms with E-state index in [4.69, 9.17) is 0 Å². The summed E-state index contributed by atoms with van der Waals surface area (Å²) in [5, 5.41) is 16.8. The number of thioether (sulfide) groups is 1. The van der Waals surface area contributed by atoms with Crippen LogP contribution in [0, 0.1) is 0 Å². The number of nitrogens with zero attached hydrogens (tertiary/aromatic N) is 2. The number of hydrogen-bond acceptors (Lipinski definition) is 4. The van der Waals surface area contributed by atoms with Gasteiger partial charge in [0, 0.05) is 12.3 Å². The summed E-state index contributed by atoms with van der Waals surface area (Å²) in [4.78, 5) is 11.8. The van der Waals surface area contributed by atoms with Gasteiger partial charge in [0.1, 0.15) is 0 Å². The van der Waals surface area contributed by atoms with Crippen LogP contribution < -0.4 is 5.69 Å². The molecule has 2 rings (SSSR count). The van der Waals surface area contributed by atoms with Gasteiger partial charge in [-0.15, -0.1) is 5.10 Å². The molecule has 0 aliphatic heterocycles. The fourth-order valence-electron chi connectivity index (χ4n) is 1.74. The Balaban J connectivity index is 2.04. The first-order valence-corrected chi connectivity index (χ1v) is 7.48. The number of aromatic nitrogens is 3. The van der Waals surface area contributed by atoms with E-state index in [0.29, 0.717) is 17.5 Å². The highest BCUT2D eigenvalue weighted by Crippen LogP contribution is 2.19. The van der Waals surface area contributed by atoms with Gasteiger partial charge < -0.3 is 5.11 Å². The monoisotopic (exact) mass is 293 g/mol. The second kappa shape index (κ2) is 6.28. The maximum absolute atomic E-state index is 11.8. The Kier molecular flexibility index (Phi) is 4.67. The van der Waals surface area contributed by atoms with Crippen LogP contribution in [0.5, 0.6) is 0 Å². The molecule has 0 radical (unpaired) electrons. The lowest BCUT2D eigenvalue weighted by atomic mass is 10.1. The predicted molar refractivity (Wildman–Crippen MR) is 80.0 cm³/mol. The van der Waals surface area contributed by atoms with Crippen LogP contribution in [0.25, 0.3) is 0 Å². The third kappa shape index (κ3) is 4.25. The highest BCUT2D eigenvalue weighted by atomic mass is 32.2. The van der Waals surface area contributed by atoms with Crippen LogP contribution in [0.3, 0.4) is 0 Å². The van der Waals surface area contributed by atoms with Crippen LogP contribution in [-0.4, -0.2) is 31.2 Å².